The van der Waals surface area contributed by atoms with Gasteiger partial charge in [-0.05, 0) is 31.2 Å². The van der Waals surface area contributed by atoms with E-state index >= 15 is 0 Å². The lowest BCUT2D eigenvalue weighted by molar-refractivity contribution is -0.124. The number of methoxy groups -OCH3 is 1. The molecule has 0 saturated carbocycles. The molecule has 0 saturated heterocycles. The Morgan fingerprint density at radius 2 is 2.06 bits per heavy atom. The zero-order chi connectivity index (χ0) is 12.7. The standard InChI is InChI=1S/C12H18N2O3/c1-9(16-2)12(15)14-10-3-5-11(6-4-10)17-8-7-13/h3-6,9H,7-8,13H2,1-2H3,(H,14,15). The lowest BCUT2D eigenvalue weighted by atomic mass is 10.3. The monoisotopic (exact) mass is 238 g/mol. The van der Waals surface area contributed by atoms with Crippen molar-refractivity contribution in [1.29, 1.82) is 0 Å². The van der Waals surface area contributed by atoms with Crippen LogP contribution in [0.4, 0.5) is 5.69 Å². The molecule has 0 heterocycles. The topological polar surface area (TPSA) is 73.6 Å². The number of hydrogen-bond acceptors (Lipinski definition) is 4. The first kappa shape index (κ1) is 13.5. The molecule has 5 nitrogen and oxygen atoms in total. The van der Waals surface area contributed by atoms with Crippen molar-refractivity contribution in [3.63, 3.8) is 0 Å². The third kappa shape index (κ3) is 4.42. The van der Waals surface area contributed by atoms with Gasteiger partial charge in [0.2, 0.25) is 0 Å². The minimum Gasteiger partial charge on any atom is -0.492 e. The van der Waals surface area contributed by atoms with Crippen LogP contribution >= 0.6 is 0 Å². The van der Waals surface area contributed by atoms with Crippen LogP contribution in [0.1, 0.15) is 6.92 Å². The minimum atomic E-state index is -0.469. The molecule has 5 heteroatoms. The Hall–Kier alpha value is -1.59. The summed E-state index contributed by atoms with van der Waals surface area (Å²) in [5, 5.41) is 2.73. The van der Waals surface area contributed by atoms with E-state index < -0.39 is 6.10 Å². The van der Waals surface area contributed by atoms with Crippen LogP contribution in [-0.2, 0) is 9.53 Å². The summed E-state index contributed by atoms with van der Waals surface area (Å²) < 4.78 is 10.2. The normalized spacial score (nSPS) is 11.9. The first-order chi connectivity index (χ1) is 8.17. The van der Waals surface area contributed by atoms with Crippen molar-refractivity contribution >= 4 is 11.6 Å². The molecular formula is C12H18N2O3. The highest BCUT2D eigenvalue weighted by molar-refractivity contribution is 5.93. The van der Waals surface area contributed by atoms with Gasteiger partial charge in [-0.15, -0.1) is 0 Å². The van der Waals surface area contributed by atoms with E-state index in [4.69, 9.17) is 15.2 Å². The lowest BCUT2D eigenvalue weighted by Gasteiger charge is -2.11. The second-order valence-electron chi connectivity index (χ2n) is 3.53. The molecule has 0 radical (unpaired) electrons. The van der Waals surface area contributed by atoms with Crippen molar-refractivity contribution in [2.45, 2.75) is 13.0 Å². The molecule has 3 N–H and O–H groups in total. The van der Waals surface area contributed by atoms with E-state index in [-0.39, 0.29) is 5.91 Å². The molecule has 0 aromatic heterocycles. The highest BCUT2D eigenvalue weighted by Crippen LogP contribution is 2.15. The van der Waals surface area contributed by atoms with Gasteiger partial charge < -0.3 is 20.5 Å². The van der Waals surface area contributed by atoms with Crippen molar-refractivity contribution < 1.29 is 14.3 Å². The van der Waals surface area contributed by atoms with Gasteiger partial charge in [0.25, 0.3) is 5.91 Å². The molecule has 0 bridgehead atoms. The van der Waals surface area contributed by atoms with Crippen LogP contribution < -0.4 is 15.8 Å². The molecule has 1 amide bonds. The van der Waals surface area contributed by atoms with Crippen LogP contribution in [0.2, 0.25) is 0 Å². The van der Waals surface area contributed by atoms with Gasteiger partial charge in [0.1, 0.15) is 18.5 Å². The maximum absolute atomic E-state index is 11.5. The molecular weight excluding hydrogens is 220 g/mol. The molecule has 1 unspecified atom stereocenters. The maximum Gasteiger partial charge on any atom is 0.253 e. The van der Waals surface area contributed by atoms with Gasteiger partial charge in [-0.3, -0.25) is 4.79 Å². The van der Waals surface area contributed by atoms with Crippen LogP contribution in [0.3, 0.4) is 0 Å². The highest BCUT2D eigenvalue weighted by atomic mass is 16.5. The smallest absolute Gasteiger partial charge is 0.253 e. The van der Waals surface area contributed by atoms with E-state index in [1.54, 1.807) is 31.2 Å². The summed E-state index contributed by atoms with van der Waals surface area (Å²) in [6.45, 7) is 2.64. The molecule has 1 atom stereocenters. The number of ether oxygens (including phenoxy) is 2. The van der Waals surface area contributed by atoms with E-state index in [1.807, 2.05) is 0 Å². The third-order valence-corrected chi connectivity index (χ3v) is 2.23. The molecule has 0 fully saturated rings. The molecule has 0 spiro atoms. The molecule has 0 aliphatic carbocycles. The third-order valence-electron chi connectivity index (χ3n) is 2.23. The maximum atomic E-state index is 11.5. The van der Waals surface area contributed by atoms with Gasteiger partial charge in [0.05, 0.1) is 0 Å². The second kappa shape index (κ2) is 6.88. The molecule has 94 valence electrons. The summed E-state index contributed by atoms with van der Waals surface area (Å²) >= 11 is 0. The van der Waals surface area contributed by atoms with Crippen LogP contribution in [0.25, 0.3) is 0 Å². The van der Waals surface area contributed by atoms with E-state index in [0.717, 1.165) is 5.75 Å². The predicted octanol–water partition coefficient (Wildman–Crippen LogP) is 0.998. The number of carbonyl (C=O) groups is 1. The molecule has 1 aromatic rings. The van der Waals surface area contributed by atoms with Gasteiger partial charge in [0.15, 0.2) is 0 Å². The fourth-order valence-corrected chi connectivity index (χ4v) is 1.16. The van der Waals surface area contributed by atoms with Crippen molar-refractivity contribution in [1.82, 2.24) is 0 Å². The number of carbonyl (C=O) groups excluding carboxylic acids is 1. The number of hydrogen-bond donors (Lipinski definition) is 2. The summed E-state index contributed by atoms with van der Waals surface area (Å²) in [7, 11) is 1.49. The van der Waals surface area contributed by atoms with Crippen LogP contribution in [0, 0.1) is 0 Å². The fraction of sp³-hybridized carbons (Fsp3) is 0.417. The Balaban J connectivity index is 2.53. The first-order valence-electron chi connectivity index (χ1n) is 5.44. The lowest BCUT2D eigenvalue weighted by Crippen LogP contribution is -2.26. The average molecular weight is 238 g/mol. The number of rotatable bonds is 6. The van der Waals surface area contributed by atoms with E-state index in [9.17, 15) is 4.79 Å². The van der Waals surface area contributed by atoms with Gasteiger partial charge in [-0.2, -0.15) is 0 Å². The van der Waals surface area contributed by atoms with Crippen molar-refractivity contribution in [3.05, 3.63) is 24.3 Å². The summed E-state index contributed by atoms with van der Waals surface area (Å²) in [5.74, 6) is 0.552. The number of benzene rings is 1. The summed E-state index contributed by atoms with van der Waals surface area (Å²) in [6, 6.07) is 7.10. The summed E-state index contributed by atoms with van der Waals surface area (Å²) in [5.41, 5.74) is 6.03. The minimum absolute atomic E-state index is 0.178. The van der Waals surface area contributed by atoms with Gasteiger partial charge in [-0.1, -0.05) is 0 Å². The average Bonchev–Trinajstić information content (AvgIpc) is 2.37. The van der Waals surface area contributed by atoms with Crippen molar-refractivity contribution in [2.24, 2.45) is 5.73 Å². The van der Waals surface area contributed by atoms with Crippen LogP contribution in [0.5, 0.6) is 5.75 Å². The SMILES string of the molecule is COC(C)C(=O)Nc1ccc(OCCN)cc1. The Morgan fingerprint density at radius 3 is 2.59 bits per heavy atom. The fourth-order valence-electron chi connectivity index (χ4n) is 1.16. The van der Waals surface area contributed by atoms with E-state index in [0.29, 0.717) is 18.8 Å². The summed E-state index contributed by atoms with van der Waals surface area (Å²) in [6.07, 6.45) is -0.469. The Morgan fingerprint density at radius 1 is 1.41 bits per heavy atom. The molecule has 17 heavy (non-hydrogen) atoms. The zero-order valence-corrected chi connectivity index (χ0v) is 10.1. The van der Waals surface area contributed by atoms with Crippen LogP contribution in [-0.4, -0.2) is 32.3 Å². The van der Waals surface area contributed by atoms with E-state index in [1.165, 1.54) is 7.11 Å². The van der Waals surface area contributed by atoms with E-state index in [2.05, 4.69) is 5.32 Å². The van der Waals surface area contributed by atoms with Crippen molar-refractivity contribution in [2.75, 3.05) is 25.6 Å². The quantitative estimate of drug-likeness (QED) is 0.775. The highest BCUT2D eigenvalue weighted by Gasteiger charge is 2.11. The van der Waals surface area contributed by atoms with Gasteiger partial charge in [-0.25, -0.2) is 0 Å². The number of nitrogens with one attached hydrogen (secondary N) is 1. The molecule has 0 aliphatic heterocycles. The van der Waals surface area contributed by atoms with Crippen molar-refractivity contribution in [3.8, 4) is 5.75 Å². The second-order valence-corrected chi connectivity index (χ2v) is 3.53. The molecule has 0 aliphatic rings. The summed E-state index contributed by atoms with van der Waals surface area (Å²) in [4.78, 5) is 11.5. The molecule has 1 aromatic carbocycles. The Labute approximate surface area is 101 Å². The Bertz CT molecular complexity index is 351. The predicted molar refractivity (Wildman–Crippen MR) is 66.1 cm³/mol. The van der Waals surface area contributed by atoms with Crippen LogP contribution in [0.15, 0.2) is 24.3 Å². The number of anilines is 1. The molecule has 1 rings (SSSR count). The zero-order valence-electron chi connectivity index (χ0n) is 10.1. The van der Waals surface area contributed by atoms with Gasteiger partial charge >= 0.3 is 0 Å². The number of nitrogens with two attached hydrogens (primary N) is 1. The largest absolute Gasteiger partial charge is 0.492 e. The van der Waals surface area contributed by atoms with Gasteiger partial charge in [0, 0.05) is 19.3 Å². The number of amides is 1. The Kier molecular flexibility index (Phi) is 5.45. The first-order valence-corrected chi connectivity index (χ1v) is 5.44.